The second-order valence-electron chi connectivity index (χ2n) is 4.91. The van der Waals surface area contributed by atoms with Crippen molar-refractivity contribution in [1.29, 1.82) is 0 Å². The molecule has 1 amide bonds. The monoisotopic (exact) mass is 401 g/mol. The Hall–Kier alpha value is -3.07. The molecule has 1 aromatic heterocycles. The summed E-state index contributed by atoms with van der Waals surface area (Å²) in [6.45, 7) is -0.407. The topological polar surface area (TPSA) is 99.0 Å². The van der Waals surface area contributed by atoms with E-state index in [0.29, 0.717) is 11.4 Å². The summed E-state index contributed by atoms with van der Waals surface area (Å²) in [6.07, 6.45) is 1.37. The van der Waals surface area contributed by atoms with Gasteiger partial charge in [-0.3, -0.25) is 4.79 Å². The van der Waals surface area contributed by atoms with Crippen LogP contribution in [0.15, 0.2) is 59.3 Å². The second kappa shape index (κ2) is 7.67. The molecule has 0 bridgehead atoms. The molecule has 25 heavy (non-hydrogen) atoms. The number of rotatable bonds is 5. The smallest absolute Gasteiger partial charge is 0.340 e. The Balaban J connectivity index is 1.64. The number of nitrogens with zero attached hydrogens (tertiary/aromatic N) is 4. The van der Waals surface area contributed by atoms with Crippen molar-refractivity contribution in [3.05, 3.63) is 64.9 Å². The Labute approximate surface area is 150 Å². The van der Waals surface area contributed by atoms with Gasteiger partial charge in [0.05, 0.1) is 11.3 Å². The van der Waals surface area contributed by atoms with Crippen LogP contribution in [0.25, 0.3) is 5.69 Å². The number of carbonyl (C=O) groups excluding carboxylic acids is 2. The van der Waals surface area contributed by atoms with Crippen LogP contribution in [0.5, 0.6) is 0 Å². The Kier molecular flexibility index (Phi) is 5.14. The van der Waals surface area contributed by atoms with Crippen LogP contribution in [0.3, 0.4) is 0 Å². The van der Waals surface area contributed by atoms with Crippen LogP contribution in [-0.2, 0) is 9.53 Å². The number of carbonyl (C=O) groups is 2. The zero-order valence-corrected chi connectivity index (χ0v) is 14.4. The summed E-state index contributed by atoms with van der Waals surface area (Å²) in [5.41, 5.74) is 1.32. The molecule has 0 aliphatic carbocycles. The Bertz CT molecular complexity index is 898. The Morgan fingerprint density at radius 3 is 2.76 bits per heavy atom. The van der Waals surface area contributed by atoms with Gasteiger partial charge in [0.2, 0.25) is 0 Å². The predicted octanol–water partition coefficient (Wildman–Crippen LogP) is 2.22. The number of benzene rings is 2. The van der Waals surface area contributed by atoms with E-state index in [1.54, 1.807) is 42.5 Å². The number of hydrogen-bond donors (Lipinski definition) is 1. The molecule has 3 rings (SSSR count). The average Bonchev–Trinajstić information content (AvgIpc) is 3.14. The molecule has 1 heterocycles. The second-order valence-corrected chi connectivity index (χ2v) is 5.82. The Morgan fingerprint density at radius 2 is 2.00 bits per heavy atom. The van der Waals surface area contributed by atoms with Gasteiger partial charge in [-0.2, -0.15) is 4.68 Å². The number of tetrazole rings is 1. The summed E-state index contributed by atoms with van der Waals surface area (Å²) in [5, 5.41) is 13.5. The van der Waals surface area contributed by atoms with Crippen molar-refractivity contribution in [2.45, 2.75) is 0 Å². The van der Waals surface area contributed by atoms with Crippen molar-refractivity contribution in [2.75, 3.05) is 11.9 Å². The number of nitrogens with one attached hydrogen (secondary N) is 1. The maximum atomic E-state index is 12.3. The molecule has 0 atom stereocenters. The lowest BCUT2D eigenvalue weighted by Crippen LogP contribution is -2.21. The summed E-state index contributed by atoms with van der Waals surface area (Å²) in [7, 11) is 0. The molecule has 9 heteroatoms. The van der Waals surface area contributed by atoms with Gasteiger partial charge in [0.25, 0.3) is 5.91 Å². The van der Waals surface area contributed by atoms with Crippen molar-refractivity contribution < 1.29 is 14.3 Å². The van der Waals surface area contributed by atoms with E-state index in [-0.39, 0.29) is 5.56 Å². The van der Waals surface area contributed by atoms with Crippen LogP contribution < -0.4 is 5.32 Å². The van der Waals surface area contributed by atoms with Gasteiger partial charge >= 0.3 is 5.97 Å². The van der Waals surface area contributed by atoms with E-state index in [2.05, 4.69) is 36.8 Å². The lowest BCUT2D eigenvalue weighted by atomic mass is 10.2. The van der Waals surface area contributed by atoms with Crippen LogP contribution in [0, 0.1) is 0 Å². The van der Waals surface area contributed by atoms with Gasteiger partial charge in [-0.1, -0.05) is 34.1 Å². The van der Waals surface area contributed by atoms with Gasteiger partial charge in [-0.15, -0.1) is 5.10 Å². The van der Waals surface area contributed by atoms with E-state index in [9.17, 15) is 9.59 Å². The lowest BCUT2D eigenvalue weighted by Gasteiger charge is -2.09. The Morgan fingerprint density at radius 1 is 1.16 bits per heavy atom. The fourth-order valence-electron chi connectivity index (χ4n) is 2.09. The fourth-order valence-corrected chi connectivity index (χ4v) is 2.49. The molecule has 3 aromatic rings. The maximum Gasteiger partial charge on any atom is 0.340 e. The minimum absolute atomic E-state index is 0.255. The van der Waals surface area contributed by atoms with Crippen molar-refractivity contribution in [1.82, 2.24) is 20.2 Å². The standard InChI is InChI=1S/C16H12BrN5O3/c17-11-4-3-5-12(8-11)19-15(23)9-25-16(24)13-6-1-2-7-14(13)22-10-18-20-21-22/h1-8,10H,9H2,(H,19,23). The number of esters is 1. The largest absolute Gasteiger partial charge is 0.452 e. The van der Waals surface area contributed by atoms with E-state index in [1.807, 2.05) is 6.07 Å². The molecule has 0 unspecified atom stereocenters. The van der Waals surface area contributed by atoms with E-state index >= 15 is 0 Å². The SMILES string of the molecule is O=C(COC(=O)c1ccccc1-n1cnnn1)Nc1cccc(Br)c1. The van der Waals surface area contributed by atoms with E-state index in [0.717, 1.165) is 4.47 Å². The van der Waals surface area contributed by atoms with E-state index in [4.69, 9.17) is 4.74 Å². The van der Waals surface area contributed by atoms with Crippen LogP contribution in [0.4, 0.5) is 5.69 Å². The fraction of sp³-hybridized carbons (Fsp3) is 0.0625. The van der Waals surface area contributed by atoms with Crippen molar-refractivity contribution in [3.8, 4) is 5.69 Å². The van der Waals surface area contributed by atoms with Gasteiger partial charge in [0.1, 0.15) is 6.33 Å². The third-order valence-electron chi connectivity index (χ3n) is 3.16. The third kappa shape index (κ3) is 4.27. The van der Waals surface area contributed by atoms with Crippen molar-refractivity contribution in [2.24, 2.45) is 0 Å². The number of halogens is 1. The van der Waals surface area contributed by atoms with Gasteiger partial charge < -0.3 is 10.1 Å². The highest BCUT2D eigenvalue weighted by Gasteiger charge is 2.16. The van der Waals surface area contributed by atoms with Gasteiger partial charge in [0.15, 0.2) is 6.61 Å². The highest BCUT2D eigenvalue weighted by molar-refractivity contribution is 9.10. The molecular formula is C16H12BrN5O3. The molecule has 0 fully saturated rings. The van der Waals surface area contributed by atoms with Crippen LogP contribution in [-0.4, -0.2) is 38.7 Å². The molecule has 0 saturated carbocycles. The molecule has 0 spiro atoms. The third-order valence-corrected chi connectivity index (χ3v) is 3.66. The summed E-state index contributed by atoms with van der Waals surface area (Å²) >= 11 is 3.32. The molecule has 0 saturated heterocycles. The summed E-state index contributed by atoms with van der Waals surface area (Å²) in [6, 6.07) is 13.8. The number of hydrogen-bond acceptors (Lipinski definition) is 6. The molecule has 0 aliphatic heterocycles. The zero-order valence-electron chi connectivity index (χ0n) is 12.8. The van der Waals surface area contributed by atoms with Crippen molar-refractivity contribution >= 4 is 33.5 Å². The predicted molar refractivity (Wildman–Crippen MR) is 92.2 cm³/mol. The van der Waals surface area contributed by atoms with E-state index in [1.165, 1.54) is 11.0 Å². The summed E-state index contributed by atoms with van der Waals surface area (Å²) < 4.78 is 7.26. The molecular weight excluding hydrogens is 390 g/mol. The maximum absolute atomic E-state index is 12.3. The highest BCUT2D eigenvalue weighted by atomic mass is 79.9. The first-order valence-electron chi connectivity index (χ1n) is 7.18. The van der Waals surface area contributed by atoms with Gasteiger partial charge in [-0.05, 0) is 40.8 Å². The summed E-state index contributed by atoms with van der Waals surface area (Å²) in [4.78, 5) is 24.2. The highest BCUT2D eigenvalue weighted by Crippen LogP contribution is 2.16. The molecule has 0 radical (unpaired) electrons. The molecule has 0 aliphatic rings. The number of para-hydroxylation sites is 1. The molecule has 126 valence electrons. The normalized spacial score (nSPS) is 10.3. The number of anilines is 1. The van der Waals surface area contributed by atoms with E-state index < -0.39 is 18.5 Å². The van der Waals surface area contributed by atoms with Crippen LogP contribution in [0.2, 0.25) is 0 Å². The molecule has 8 nitrogen and oxygen atoms in total. The van der Waals surface area contributed by atoms with Crippen molar-refractivity contribution in [3.63, 3.8) is 0 Å². The number of aromatic nitrogens is 4. The minimum atomic E-state index is -0.643. The average molecular weight is 402 g/mol. The van der Waals surface area contributed by atoms with Crippen LogP contribution in [0.1, 0.15) is 10.4 Å². The van der Waals surface area contributed by atoms with Crippen LogP contribution >= 0.6 is 15.9 Å². The lowest BCUT2D eigenvalue weighted by molar-refractivity contribution is -0.119. The minimum Gasteiger partial charge on any atom is -0.452 e. The molecule has 1 N–H and O–H groups in total. The number of amides is 1. The van der Waals surface area contributed by atoms with Gasteiger partial charge in [-0.25, -0.2) is 4.79 Å². The first kappa shape index (κ1) is 16.8. The number of ether oxygens (including phenoxy) is 1. The molecule has 2 aromatic carbocycles. The first-order valence-corrected chi connectivity index (χ1v) is 7.98. The van der Waals surface area contributed by atoms with Gasteiger partial charge in [0, 0.05) is 10.2 Å². The summed E-state index contributed by atoms with van der Waals surface area (Å²) in [5.74, 6) is -1.08. The zero-order chi connectivity index (χ0) is 17.6. The first-order chi connectivity index (χ1) is 12.1. The quantitative estimate of drug-likeness (QED) is 0.658.